The number of aromatic nitrogens is 5. The number of imidazole rings is 2. The van der Waals surface area contributed by atoms with Crippen molar-refractivity contribution in [3.8, 4) is 11.5 Å². The summed E-state index contributed by atoms with van der Waals surface area (Å²) in [6, 6.07) is 6.08. The molecule has 0 aliphatic rings. The topological polar surface area (TPSA) is 48.0 Å². The molecule has 0 aliphatic carbocycles. The monoisotopic (exact) mass is 431 g/mol. The van der Waals surface area contributed by atoms with Crippen LogP contribution in [0.2, 0.25) is 0 Å². The van der Waals surface area contributed by atoms with E-state index in [1.807, 2.05) is 0 Å². The highest BCUT2D eigenvalue weighted by Crippen LogP contribution is 2.40. The quantitative estimate of drug-likeness (QED) is 0.324. The van der Waals surface area contributed by atoms with Gasteiger partial charge in [-0.05, 0) is 30.0 Å². The first-order valence-electron chi connectivity index (χ1n) is 8.25. The lowest BCUT2D eigenvalue weighted by Gasteiger charge is -2.13. The summed E-state index contributed by atoms with van der Waals surface area (Å²) in [5.74, 6) is -0.295. The molecule has 0 amide bonds. The molecule has 0 radical (unpaired) electrons. The van der Waals surface area contributed by atoms with Gasteiger partial charge in [0.05, 0.1) is 0 Å². The number of fused-ring (bicyclic) bond motifs is 2. The number of thioether (sulfide) groups is 1. The van der Waals surface area contributed by atoms with E-state index in [9.17, 15) is 26.3 Å². The summed E-state index contributed by atoms with van der Waals surface area (Å²) in [5, 5.41) is -0.0729. The summed E-state index contributed by atoms with van der Waals surface area (Å²) in [4.78, 5) is 11.8. The third-order valence-corrected chi connectivity index (χ3v) is 4.99. The molecule has 5 nitrogen and oxygen atoms in total. The van der Waals surface area contributed by atoms with Gasteiger partial charge < -0.3 is 0 Å². The van der Waals surface area contributed by atoms with Gasteiger partial charge in [-0.1, -0.05) is 13.0 Å². The Labute approximate surface area is 163 Å². The zero-order chi connectivity index (χ0) is 21.0. The Morgan fingerprint density at radius 2 is 1.76 bits per heavy atom. The molecule has 152 valence electrons. The van der Waals surface area contributed by atoms with Crippen molar-refractivity contribution in [3.63, 3.8) is 0 Å². The minimum Gasteiger partial charge on any atom is -0.282 e. The van der Waals surface area contributed by atoms with Gasteiger partial charge in [-0.25, -0.2) is 19.5 Å². The van der Waals surface area contributed by atoms with E-state index in [1.54, 1.807) is 6.92 Å². The van der Waals surface area contributed by atoms with E-state index in [2.05, 4.69) is 15.0 Å². The molecular formula is C17H11F6N5S. The maximum absolute atomic E-state index is 13.8. The fourth-order valence-corrected chi connectivity index (χ4v) is 3.88. The van der Waals surface area contributed by atoms with Crippen molar-refractivity contribution >= 4 is 28.6 Å². The summed E-state index contributed by atoms with van der Waals surface area (Å²) in [5.41, 5.74) is -1.93. The maximum Gasteiger partial charge on any atom is 0.491 e. The first kappa shape index (κ1) is 19.6. The Bertz CT molecular complexity index is 1210. The fourth-order valence-electron chi connectivity index (χ4n) is 3.01. The Morgan fingerprint density at radius 3 is 2.41 bits per heavy atom. The van der Waals surface area contributed by atoms with E-state index in [1.165, 1.54) is 24.4 Å². The second-order valence-electron chi connectivity index (χ2n) is 5.89. The summed E-state index contributed by atoms with van der Waals surface area (Å²) in [7, 11) is 0. The first-order valence-corrected chi connectivity index (χ1v) is 9.24. The predicted octanol–water partition coefficient (Wildman–Crippen LogP) is 5.35. The van der Waals surface area contributed by atoms with Gasteiger partial charge in [0.25, 0.3) is 0 Å². The maximum atomic E-state index is 13.8. The van der Waals surface area contributed by atoms with Crippen molar-refractivity contribution in [2.24, 2.45) is 0 Å². The van der Waals surface area contributed by atoms with E-state index in [0.717, 1.165) is 28.3 Å². The molecule has 0 fully saturated rings. The van der Waals surface area contributed by atoms with E-state index >= 15 is 0 Å². The summed E-state index contributed by atoms with van der Waals surface area (Å²) in [6.45, 7) is 1.68. The van der Waals surface area contributed by atoms with Crippen LogP contribution in [-0.4, -0.2) is 29.7 Å². The number of nitrogens with zero attached hydrogens (tertiary/aromatic N) is 5. The lowest BCUT2D eigenvalue weighted by atomic mass is 10.3. The minimum absolute atomic E-state index is 0.0413. The fraction of sp³-hybridized carbons (Fsp3) is 0.235. The predicted molar refractivity (Wildman–Crippen MR) is 94.4 cm³/mol. The van der Waals surface area contributed by atoms with Crippen LogP contribution < -0.4 is 0 Å². The van der Waals surface area contributed by atoms with Crippen molar-refractivity contribution < 1.29 is 26.3 Å². The molecule has 0 atom stereocenters. The summed E-state index contributed by atoms with van der Waals surface area (Å²) in [6.07, 6.45) is -8.43. The van der Waals surface area contributed by atoms with Crippen molar-refractivity contribution in [2.75, 3.05) is 5.75 Å². The number of halogens is 6. The summed E-state index contributed by atoms with van der Waals surface area (Å²) >= 11 is 0.952. The van der Waals surface area contributed by atoms with Gasteiger partial charge in [0, 0.05) is 6.20 Å². The summed E-state index contributed by atoms with van der Waals surface area (Å²) < 4.78 is 82.7. The lowest BCUT2D eigenvalue weighted by Crippen LogP contribution is -2.18. The molecule has 0 unspecified atom stereocenters. The van der Waals surface area contributed by atoms with Crippen LogP contribution in [0, 0.1) is 0 Å². The third kappa shape index (κ3) is 3.20. The molecule has 0 saturated carbocycles. The molecule has 4 aromatic heterocycles. The molecule has 0 spiro atoms. The highest BCUT2D eigenvalue weighted by atomic mass is 32.2. The van der Waals surface area contributed by atoms with Crippen LogP contribution in [0.4, 0.5) is 26.3 Å². The van der Waals surface area contributed by atoms with Gasteiger partial charge in [0.1, 0.15) is 27.6 Å². The molecule has 0 aliphatic heterocycles. The van der Waals surface area contributed by atoms with Crippen molar-refractivity contribution in [3.05, 3.63) is 42.2 Å². The van der Waals surface area contributed by atoms with Gasteiger partial charge in [-0.15, -0.1) is 24.9 Å². The van der Waals surface area contributed by atoms with E-state index in [0.29, 0.717) is 5.75 Å². The molecule has 0 bridgehead atoms. The Kier molecular flexibility index (Phi) is 4.48. The molecule has 0 aromatic carbocycles. The van der Waals surface area contributed by atoms with Gasteiger partial charge in [0.2, 0.25) is 0 Å². The lowest BCUT2D eigenvalue weighted by molar-refractivity contribution is -0.200. The largest absolute Gasteiger partial charge is 0.491 e. The minimum atomic E-state index is -4.89. The smallest absolute Gasteiger partial charge is 0.282 e. The number of alkyl halides is 6. The molecule has 0 N–H and O–H groups in total. The molecule has 4 aromatic rings. The van der Waals surface area contributed by atoms with Gasteiger partial charge in [-0.2, -0.15) is 13.2 Å². The second kappa shape index (κ2) is 6.65. The van der Waals surface area contributed by atoms with Crippen LogP contribution in [0.1, 0.15) is 12.6 Å². The Hall–Kier alpha value is -2.76. The number of pyridine rings is 2. The molecular weight excluding hydrogens is 420 g/mol. The van der Waals surface area contributed by atoms with Crippen LogP contribution >= 0.6 is 11.8 Å². The van der Waals surface area contributed by atoms with Gasteiger partial charge in [0.15, 0.2) is 11.5 Å². The Balaban J connectivity index is 2.12. The zero-order valence-electron chi connectivity index (χ0n) is 14.6. The van der Waals surface area contributed by atoms with Crippen LogP contribution in [0.15, 0.2) is 41.6 Å². The van der Waals surface area contributed by atoms with Crippen molar-refractivity contribution in [1.82, 2.24) is 23.9 Å². The average Bonchev–Trinajstić information content (AvgIpc) is 3.19. The average molecular weight is 431 g/mol. The van der Waals surface area contributed by atoms with Crippen molar-refractivity contribution in [2.45, 2.75) is 24.4 Å². The second-order valence-corrected chi connectivity index (χ2v) is 7.14. The highest BCUT2D eigenvalue weighted by molar-refractivity contribution is 7.99. The third-order valence-electron chi connectivity index (χ3n) is 4.05. The van der Waals surface area contributed by atoms with Crippen molar-refractivity contribution in [1.29, 1.82) is 0 Å². The van der Waals surface area contributed by atoms with Gasteiger partial charge in [-0.3, -0.25) is 4.40 Å². The van der Waals surface area contributed by atoms with Gasteiger partial charge >= 0.3 is 12.5 Å². The zero-order valence-corrected chi connectivity index (χ0v) is 15.4. The SMILES string of the molecule is CCSc1c(-c2nc3cccnc3n2C(F)(F)F)nc2cccc(C(F)(F)F)n12. The number of hydrogen-bond donors (Lipinski definition) is 0. The molecule has 29 heavy (non-hydrogen) atoms. The molecule has 4 rings (SSSR count). The normalized spacial score (nSPS) is 12.9. The molecule has 12 heteroatoms. The van der Waals surface area contributed by atoms with Crippen LogP contribution in [0.5, 0.6) is 0 Å². The van der Waals surface area contributed by atoms with E-state index in [4.69, 9.17) is 0 Å². The number of rotatable bonds is 3. The van der Waals surface area contributed by atoms with E-state index in [-0.39, 0.29) is 26.5 Å². The standard InChI is InChI=1S/C17H11F6N5S/c1-2-29-15-12(26-11-7-3-6-10(27(11)15)16(18,19)20)14-25-9-5-4-8-24-13(9)28(14)17(21,22)23/h3-8H,2H2,1H3. The van der Waals surface area contributed by atoms with Crippen LogP contribution in [-0.2, 0) is 12.5 Å². The van der Waals surface area contributed by atoms with Crippen LogP contribution in [0.3, 0.4) is 0 Å². The molecule has 4 heterocycles. The highest BCUT2D eigenvalue weighted by Gasteiger charge is 2.39. The Morgan fingerprint density at radius 1 is 1.00 bits per heavy atom. The number of hydrogen-bond acceptors (Lipinski definition) is 4. The van der Waals surface area contributed by atoms with E-state index < -0.39 is 29.6 Å². The molecule has 0 saturated heterocycles. The first-order chi connectivity index (χ1) is 13.6. The van der Waals surface area contributed by atoms with Crippen LogP contribution in [0.25, 0.3) is 28.3 Å².